The second-order valence-electron chi connectivity index (χ2n) is 8.03. The van der Waals surface area contributed by atoms with Crippen LogP contribution in [0.3, 0.4) is 0 Å². The lowest BCUT2D eigenvalue weighted by atomic mass is 9.89. The van der Waals surface area contributed by atoms with Crippen LogP contribution in [-0.2, 0) is 14.8 Å². The summed E-state index contributed by atoms with van der Waals surface area (Å²) < 4.78 is 27.1. The number of carbonyl (C=O) groups is 2. The quantitative estimate of drug-likeness (QED) is 0.707. The lowest BCUT2D eigenvalue weighted by Crippen LogP contribution is -2.53. The molecule has 1 aromatic heterocycles. The fourth-order valence-electron chi connectivity index (χ4n) is 4.09. The molecule has 1 atom stereocenters. The van der Waals surface area contributed by atoms with Crippen molar-refractivity contribution in [2.24, 2.45) is 0 Å². The van der Waals surface area contributed by atoms with E-state index in [1.165, 1.54) is 16.8 Å². The molecular formula is C21H24N4O4S. The van der Waals surface area contributed by atoms with Gasteiger partial charge < -0.3 is 5.32 Å². The average molecular weight is 429 g/mol. The van der Waals surface area contributed by atoms with Crippen molar-refractivity contribution < 1.29 is 18.0 Å². The van der Waals surface area contributed by atoms with Crippen molar-refractivity contribution in [3.63, 3.8) is 0 Å². The SMILES string of the molecule is C[C@]1(CS(=O)(=O)N2CCC(c3ccc(-c4cccnc4)cc3)CC2)NC(=O)NC1=O. The van der Waals surface area contributed by atoms with Crippen LogP contribution < -0.4 is 10.6 Å². The van der Waals surface area contributed by atoms with Gasteiger partial charge in [-0.05, 0) is 48.4 Å². The number of imide groups is 1. The van der Waals surface area contributed by atoms with Crippen LogP contribution >= 0.6 is 0 Å². The zero-order chi connectivity index (χ0) is 21.4. The predicted molar refractivity (Wildman–Crippen MR) is 112 cm³/mol. The Morgan fingerprint density at radius 1 is 1.10 bits per heavy atom. The Labute approximate surface area is 175 Å². The van der Waals surface area contributed by atoms with Crippen molar-refractivity contribution in [1.29, 1.82) is 0 Å². The molecule has 4 rings (SSSR count). The highest BCUT2D eigenvalue weighted by molar-refractivity contribution is 7.89. The number of piperidine rings is 1. The van der Waals surface area contributed by atoms with E-state index in [0.29, 0.717) is 25.9 Å². The minimum absolute atomic E-state index is 0.282. The summed E-state index contributed by atoms with van der Waals surface area (Å²) >= 11 is 0. The van der Waals surface area contributed by atoms with E-state index in [1.54, 1.807) is 6.20 Å². The first-order valence-corrected chi connectivity index (χ1v) is 11.5. The number of benzene rings is 1. The zero-order valence-corrected chi connectivity index (χ0v) is 17.5. The van der Waals surface area contributed by atoms with E-state index in [2.05, 4.69) is 39.9 Å². The third kappa shape index (κ3) is 4.08. The first-order chi connectivity index (χ1) is 14.3. The molecule has 158 valence electrons. The van der Waals surface area contributed by atoms with Crippen molar-refractivity contribution in [3.8, 4) is 11.1 Å². The molecule has 2 aromatic rings. The minimum Gasteiger partial charge on any atom is -0.322 e. The number of hydrogen-bond acceptors (Lipinski definition) is 5. The van der Waals surface area contributed by atoms with Crippen LogP contribution in [0.25, 0.3) is 11.1 Å². The van der Waals surface area contributed by atoms with Gasteiger partial charge in [0, 0.05) is 25.5 Å². The largest absolute Gasteiger partial charge is 0.322 e. The molecule has 8 nitrogen and oxygen atoms in total. The van der Waals surface area contributed by atoms with Crippen LogP contribution in [0, 0.1) is 0 Å². The maximum absolute atomic E-state index is 12.8. The van der Waals surface area contributed by atoms with E-state index in [-0.39, 0.29) is 5.92 Å². The summed E-state index contributed by atoms with van der Waals surface area (Å²) in [5.74, 6) is -0.772. The number of rotatable bonds is 5. The number of sulfonamides is 1. The van der Waals surface area contributed by atoms with Gasteiger partial charge in [-0.2, -0.15) is 0 Å². The van der Waals surface area contributed by atoms with Crippen molar-refractivity contribution in [2.45, 2.75) is 31.2 Å². The topological polar surface area (TPSA) is 108 Å². The van der Waals surface area contributed by atoms with E-state index < -0.39 is 33.3 Å². The van der Waals surface area contributed by atoms with Gasteiger partial charge in [0.2, 0.25) is 10.0 Å². The lowest BCUT2D eigenvalue weighted by molar-refractivity contribution is -0.122. The summed E-state index contributed by atoms with van der Waals surface area (Å²) in [4.78, 5) is 27.5. The van der Waals surface area contributed by atoms with Crippen LogP contribution in [-0.4, -0.2) is 54.0 Å². The van der Waals surface area contributed by atoms with E-state index >= 15 is 0 Å². The Balaban J connectivity index is 1.39. The average Bonchev–Trinajstić information content (AvgIpc) is 2.99. The van der Waals surface area contributed by atoms with E-state index in [1.807, 2.05) is 18.3 Å². The highest BCUT2D eigenvalue weighted by Gasteiger charge is 2.46. The lowest BCUT2D eigenvalue weighted by Gasteiger charge is -2.33. The van der Waals surface area contributed by atoms with Gasteiger partial charge >= 0.3 is 6.03 Å². The molecular weight excluding hydrogens is 404 g/mol. The molecule has 3 heterocycles. The van der Waals surface area contributed by atoms with E-state index in [0.717, 1.165) is 11.1 Å². The summed E-state index contributed by atoms with van der Waals surface area (Å²) in [6, 6.07) is 11.6. The third-order valence-corrected chi connectivity index (χ3v) is 7.91. The van der Waals surface area contributed by atoms with Crippen LogP contribution in [0.4, 0.5) is 4.79 Å². The summed E-state index contributed by atoms with van der Waals surface area (Å²) in [5.41, 5.74) is 1.90. The number of aromatic nitrogens is 1. The molecule has 30 heavy (non-hydrogen) atoms. The van der Waals surface area contributed by atoms with Gasteiger partial charge in [-0.3, -0.25) is 15.1 Å². The molecule has 2 fully saturated rings. The van der Waals surface area contributed by atoms with Gasteiger partial charge in [0.25, 0.3) is 5.91 Å². The van der Waals surface area contributed by atoms with Gasteiger partial charge in [0.05, 0.1) is 5.75 Å². The normalized spacial score (nSPS) is 23.2. The highest BCUT2D eigenvalue weighted by atomic mass is 32.2. The number of pyridine rings is 1. The Morgan fingerprint density at radius 3 is 2.37 bits per heavy atom. The van der Waals surface area contributed by atoms with Crippen molar-refractivity contribution in [3.05, 3.63) is 54.4 Å². The molecule has 0 spiro atoms. The Kier molecular flexibility index (Phi) is 5.33. The molecule has 0 radical (unpaired) electrons. The fraction of sp³-hybridized carbons (Fsp3) is 0.381. The number of hydrogen-bond donors (Lipinski definition) is 2. The van der Waals surface area contributed by atoms with Crippen LogP contribution in [0.5, 0.6) is 0 Å². The monoisotopic (exact) mass is 428 g/mol. The summed E-state index contributed by atoms with van der Waals surface area (Å²) in [7, 11) is -3.68. The summed E-state index contributed by atoms with van der Waals surface area (Å²) in [6.45, 7) is 2.22. The Morgan fingerprint density at radius 2 is 1.80 bits per heavy atom. The van der Waals surface area contributed by atoms with Gasteiger partial charge in [0.15, 0.2) is 0 Å². The molecule has 2 saturated heterocycles. The first kappa shape index (κ1) is 20.5. The second kappa shape index (κ2) is 7.81. The molecule has 3 amide bonds. The van der Waals surface area contributed by atoms with Crippen molar-refractivity contribution in [2.75, 3.05) is 18.8 Å². The zero-order valence-electron chi connectivity index (χ0n) is 16.7. The first-order valence-electron chi connectivity index (χ1n) is 9.89. The van der Waals surface area contributed by atoms with Crippen LogP contribution in [0.1, 0.15) is 31.2 Å². The molecule has 0 unspecified atom stereocenters. The molecule has 9 heteroatoms. The fourth-order valence-corrected chi connectivity index (χ4v) is 5.97. The Bertz CT molecular complexity index is 1050. The van der Waals surface area contributed by atoms with Crippen molar-refractivity contribution >= 4 is 22.0 Å². The number of urea groups is 1. The third-order valence-electron chi connectivity index (χ3n) is 5.81. The van der Waals surface area contributed by atoms with Gasteiger partial charge in [-0.25, -0.2) is 17.5 Å². The van der Waals surface area contributed by atoms with Gasteiger partial charge in [-0.1, -0.05) is 30.3 Å². The minimum atomic E-state index is -3.68. The molecule has 1 aromatic carbocycles. The number of nitrogens with one attached hydrogen (secondary N) is 2. The molecule has 2 aliphatic heterocycles. The molecule has 0 saturated carbocycles. The number of nitrogens with zero attached hydrogens (tertiary/aromatic N) is 2. The molecule has 2 N–H and O–H groups in total. The Hall–Kier alpha value is -2.78. The van der Waals surface area contributed by atoms with E-state index in [9.17, 15) is 18.0 Å². The summed E-state index contributed by atoms with van der Waals surface area (Å²) in [5, 5.41) is 4.52. The van der Waals surface area contributed by atoms with Crippen LogP contribution in [0.2, 0.25) is 0 Å². The number of amides is 3. The second-order valence-corrected chi connectivity index (χ2v) is 10.0. The highest BCUT2D eigenvalue weighted by Crippen LogP contribution is 2.31. The molecule has 2 aliphatic rings. The number of carbonyl (C=O) groups excluding carboxylic acids is 2. The summed E-state index contributed by atoms with van der Waals surface area (Å²) in [6.07, 6.45) is 4.99. The van der Waals surface area contributed by atoms with Gasteiger partial charge in [-0.15, -0.1) is 0 Å². The maximum atomic E-state index is 12.8. The van der Waals surface area contributed by atoms with Gasteiger partial charge in [0.1, 0.15) is 5.54 Å². The van der Waals surface area contributed by atoms with Crippen molar-refractivity contribution in [1.82, 2.24) is 19.9 Å². The standard InChI is InChI=1S/C21H24N4O4S/c1-21(19(26)23-20(27)24-21)14-30(28,29)25-11-8-17(9-12-25)15-4-6-16(7-5-15)18-3-2-10-22-13-18/h2-7,10,13,17H,8-9,11-12,14H2,1H3,(H2,23,24,26,27)/t21-/m1/s1. The predicted octanol–water partition coefficient (Wildman–Crippen LogP) is 1.86. The maximum Gasteiger partial charge on any atom is 0.322 e. The van der Waals surface area contributed by atoms with Crippen LogP contribution in [0.15, 0.2) is 48.8 Å². The van der Waals surface area contributed by atoms with E-state index in [4.69, 9.17) is 0 Å². The molecule has 0 aliphatic carbocycles. The smallest absolute Gasteiger partial charge is 0.322 e. The molecule has 0 bridgehead atoms.